The quantitative estimate of drug-likeness (QED) is 0.318. The van der Waals surface area contributed by atoms with Gasteiger partial charge in [0.25, 0.3) is 0 Å². The average Bonchev–Trinajstić information content (AvgIpc) is 3.04. The molecule has 1 fully saturated rings. The van der Waals surface area contributed by atoms with Crippen LogP contribution in [0.25, 0.3) is 0 Å². The first-order valence-corrected chi connectivity index (χ1v) is 8.10. The SMILES string of the molecule is COP(=O)(OCC1CC1(Cl)Cl)Oc1ccccc1[N+](=O)[O-]. The molecule has 2 atom stereocenters. The van der Waals surface area contributed by atoms with E-state index in [0.717, 1.165) is 7.11 Å². The molecule has 0 heterocycles. The summed E-state index contributed by atoms with van der Waals surface area (Å²) in [7, 11) is -2.86. The molecule has 0 aromatic heterocycles. The van der Waals surface area contributed by atoms with Gasteiger partial charge >= 0.3 is 13.5 Å². The summed E-state index contributed by atoms with van der Waals surface area (Å²) in [6.45, 7) is -0.0290. The fraction of sp³-hybridized carbons (Fsp3) is 0.455. The summed E-state index contributed by atoms with van der Waals surface area (Å²) in [6.07, 6.45) is 0.505. The predicted molar refractivity (Wildman–Crippen MR) is 76.8 cm³/mol. The van der Waals surface area contributed by atoms with Gasteiger partial charge in [-0.2, -0.15) is 0 Å². The molecule has 1 aliphatic carbocycles. The second-order valence-corrected chi connectivity index (χ2v) is 7.65. The zero-order valence-corrected chi connectivity index (χ0v) is 13.3. The van der Waals surface area contributed by atoms with E-state index in [-0.39, 0.29) is 24.0 Å². The Morgan fingerprint density at radius 3 is 2.62 bits per heavy atom. The molecule has 0 amide bonds. The number of hydrogen-bond donors (Lipinski definition) is 0. The van der Waals surface area contributed by atoms with Crippen LogP contribution in [0.4, 0.5) is 5.69 Å². The van der Waals surface area contributed by atoms with E-state index in [1.54, 1.807) is 0 Å². The highest BCUT2D eigenvalue weighted by Crippen LogP contribution is 2.57. The van der Waals surface area contributed by atoms with Gasteiger partial charge in [0.15, 0.2) is 0 Å². The van der Waals surface area contributed by atoms with Gasteiger partial charge in [0.2, 0.25) is 5.75 Å². The van der Waals surface area contributed by atoms with Crippen molar-refractivity contribution in [2.24, 2.45) is 5.92 Å². The molecule has 116 valence electrons. The third-order valence-electron chi connectivity index (χ3n) is 2.89. The normalized spacial score (nSPS) is 22.3. The van der Waals surface area contributed by atoms with Gasteiger partial charge < -0.3 is 4.52 Å². The second kappa shape index (κ2) is 6.10. The molecule has 0 aliphatic heterocycles. The molecule has 1 aliphatic rings. The Bertz CT molecular complexity index is 596. The van der Waals surface area contributed by atoms with Crippen LogP contribution in [-0.4, -0.2) is 23.0 Å². The first-order valence-electron chi connectivity index (χ1n) is 5.88. The monoisotopic (exact) mass is 355 g/mol. The van der Waals surface area contributed by atoms with E-state index in [1.165, 1.54) is 24.3 Å². The molecule has 1 aromatic rings. The van der Waals surface area contributed by atoms with Crippen molar-refractivity contribution in [2.45, 2.75) is 10.8 Å². The van der Waals surface area contributed by atoms with Gasteiger partial charge in [0, 0.05) is 19.1 Å². The van der Waals surface area contributed by atoms with Crippen molar-refractivity contribution in [3.05, 3.63) is 34.4 Å². The summed E-state index contributed by atoms with van der Waals surface area (Å²) >= 11 is 11.7. The Morgan fingerprint density at radius 2 is 2.10 bits per heavy atom. The first-order chi connectivity index (χ1) is 9.77. The fourth-order valence-corrected chi connectivity index (χ4v) is 3.04. The number of nitrogens with zero attached hydrogens (tertiary/aromatic N) is 1. The maximum atomic E-state index is 12.3. The summed E-state index contributed by atoms with van der Waals surface area (Å²) in [5, 5.41) is 10.9. The number of nitro groups is 1. The van der Waals surface area contributed by atoms with Gasteiger partial charge in [-0.3, -0.25) is 19.2 Å². The number of benzene rings is 1. The van der Waals surface area contributed by atoms with Crippen LogP contribution < -0.4 is 4.52 Å². The molecular formula is C11H12Cl2NO6P. The molecule has 0 spiro atoms. The van der Waals surface area contributed by atoms with Crippen molar-refractivity contribution in [2.75, 3.05) is 13.7 Å². The molecule has 10 heteroatoms. The number of alkyl halides is 2. The third kappa shape index (κ3) is 4.08. The Kier molecular flexibility index (Phi) is 4.80. The second-order valence-electron chi connectivity index (χ2n) is 4.40. The minimum Gasteiger partial charge on any atom is -0.397 e. The number of halogens is 2. The molecule has 0 bridgehead atoms. The Balaban J connectivity index is 2.07. The fourth-order valence-electron chi connectivity index (χ4n) is 1.55. The van der Waals surface area contributed by atoms with Crippen molar-refractivity contribution in [3.8, 4) is 5.75 Å². The molecule has 0 N–H and O–H groups in total. The summed E-state index contributed by atoms with van der Waals surface area (Å²) in [5.41, 5.74) is -0.339. The lowest BCUT2D eigenvalue weighted by molar-refractivity contribution is -0.385. The molecule has 0 saturated heterocycles. The van der Waals surface area contributed by atoms with E-state index in [0.29, 0.717) is 6.42 Å². The van der Waals surface area contributed by atoms with E-state index in [4.69, 9.17) is 36.8 Å². The highest BCUT2D eigenvalue weighted by atomic mass is 35.5. The van der Waals surface area contributed by atoms with Crippen molar-refractivity contribution in [1.82, 2.24) is 0 Å². The number of nitro benzene ring substituents is 1. The van der Waals surface area contributed by atoms with Crippen molar-refractivity contribution in [1.29, 1.82) is 0 Å². The van der Waals surface area contributed by atoms with Crippen LogP contribution in [0, 0.1) is 16.0 Å². The van der Waals surface area contributed by atoms with Crippen molar-refractivity contribution >= 4 is 36.7 Å². The Labute approximate surface area is 130 Å². The minimum atomic E-state index is -3.98. The predicted octanol–water partition coefficient (Wildman–Crippen LogP) is 3.94. The maximum absolute atomic E-state index is 12.3. The average molecular weight is 356 g/mol. The van der Waals surface area contributed by atoms with E-state index >= 15 is 0 Å². The number of phosphoric ester groups is 1. The largest absolute Gasteiger partial charge is 0.530 e. The Morgan fingerprint density at radius 1 is 1.48 bits per heavy atom. The van der Waals surface area contributed by atoms with E-state index in [2.05, 4.69) is 0 Å². The van der Waals surface area contributed by atoms with E-state index < -0.39 is 17.1 Å². The molecule has 1 saturated carbocycles. The summed E-state index contributed by atoms with van der Waals surface area (Å²) in [6, 6.07) is 5.49. The zero-order valence-electron chi connectivity index (χ0n) is 10.9. The van der Waals surface area contributed by atoms with Gasteiger partial charge in [-0.1, -0.05) is 12.1 Å². The topological polar surface area (TPSA) is 87.9 Å². The maximum Gasteiger partial charge on any atom is 0.530 e. The molecule has 2 unspecified atom stereocenters. The number of para-hydroxylation sites is 2. The van der Waals surface area contributed by atoms with Gasteiger partial charge in [0.05, 0.1) is 11.5 Å². The minimum absolute atomic E-state index is 0.0290. The van der Waals surface area contributed by atoms with Crippen LogP contribution in [0.3, 0.4) is 0 Å². The van der Waals surface area contributed by atoms with Gasteiger partial charge in [-0.05, 0) is 12.5 Å². The van der Waals surface area contributed by atoms with Gasteiger partial charge in [0.1, 0.15) is 4.33 Å². The van der Waals surface area contributed by atoms with Crippen LogP contribution in [0.2, 0.25) is 0 Å². The molecule has 2 rings (SSSR count). The van der Waals surface area contributed by atoms with Crippen molar-refractivity contribution in [3.63, 3.8) is 0 Å². The smallest absolute Gasteiger partial charge is 0.397 e. The van der Waals surface area contributed by atoms with Gasteiger partial charge in [-0.25, -0.2) is 4.57 Å². The summed E-state index contributed by atoms with van der Waals surface area (Å²) < 4.78 is 26.3. The number of phosphoric acid groups is 1. The molecule has 1 aromatic carbocycles. The van der Waals surface area contributed by atoms with Crippen LogP contribution in [0.1, 0.15) is 6.42 Å². The highest BCUT2D eigenvalue weighted by molar-refractivity contribution is 7.48. The van der Waals surface area contributed by atoms with E-state index in [9.17, 15) is 14.7 Å². The zero-order chi connectivity index (χ0) is 15.7. The van der Waals surface area contributed by atoms with Crippen LogP contribution in [0.5, 0.6) is 5.75 Å². The lowest BCUT2D eigenvalue weighted by Crippen LogP contribution is -2.06. The lowest BCUT2D eigenvalue weighted by atomic mass is 10.3. The standard InChI is InChI=1S/C11H12Cl2NO6P/c1-18-21(17,19-7-8-6-11(8,12)13)20-10-5-3-2-4-9(10)14(15)16/h2-5,8H,6-7H2,1H3. The molecule has 0 radical (unpaired) electrons. The lowest BCUT2D eigenvalue weighted by Gasteiger charge is -2.16. The first kappa shape index (κ1) is 16.5. The van der Waals surface area contributed by atoms with Crippen LogP contribution in [0.15, 0.2) is 24.3 Å². The van der Waals surface area contributed by atoms with Gasteiger partial charge in [-0.15, -0.1) is 23.2 Å². The summed E-state index contributed by atoms with van der Waals surface area (Å²) in [4.78, 5) is 10.2. The highest BCUT2D eigenvalue weighted by Gasteiger charge is 2.52. The number of hydrogen-bond acceptors (Lipinski definition) is 6. The molecular weight excluding hydrogens is 344 g/mol. The summed E-state index contributed by atoms with van der Waals surface area (Å²) in [5.74, 6) is -0.384. The van der Waals surface area contributed by atoms with Crippen LogP contribution >= 0.6 is 31.0 Å². The Hall–Kier alpha value is -0.850. The van der Waals surface area contributed by atoms with Crippen molar-refractivity contribution < 1.29 is 23.1 Å². The van der Waals surface area contributed by atoms with Crippen LogP contribution in [-0.2, 0) is 13.6 Å². The molecule has 7 nitrogen and oxygen atoms in total. The number of rotatable bonds is 7. The third-order valence-corrected chi connectivity index (χ3v) is 5.14. The molecule has 21 heavy (non-hydrogen) atoms. The van der Waals surface area contributed by atoms with E-state index in [1.807, 2.05) is 0 Å².